The molecule has 0 saturated carbocycles. The number of carbonyl (C=O) groups excluding carboxylic acids is 1. The van der Waals surface area contributed by atoms with Crippen molar-refractivity contribution >= 4 is 5.97 Å². The number of benzene rings is 2. The second kappa shape index (κ2) is 6.25. The summed E-state index contributed by atoms with van der Waals surface area (Å²) in [7, 11) is 1.31. The lowest BCUT2D eigenvalue weighted by atomic mass is 9.75. The number of ether oxygens (including phenoxy) is 1. The molecule has 0 aliphatic carbocycles. The molecule has 1 unspecified atom stereocenters. The van der Waals surface area contributed by atoms with Gasteiger partial charge in [0.25, 0.3) is 0 Å². The van der Waals surface area contributed by atoms with E-state index < -0.39 is 17.4 Å². The highest BCUT2D eigenvalue weighted by Crippen LogP contribution is 2.35. The van der Waals surface area contributed by atoms with Gasteiger partial charge in [0.05, 0.1) is 13.0 Å². The number of esters is 1. The van der Waals surface area contributed by atoms with Crippen LogP contribution in [-0.2, 0) is 15.1 Å². The minimum atomic E-state index is -1.42. The SMILES string of the molecule is C#CC(c1ccccc1)[C@@](N)(C(=O)OC)c1ccccc1. The first-order valence-electron chi connectivity index (χ1n) is 6.58. The van der Waals surface area contributed by atoms with Gasteiger partial charge in [0.1, 0.15) is 0 Å². The highest BCUT2D eigenvalue weighted by molar-refractivity contribution is 5.84. The first kappa shape index (κ1) is 14.8. The number of terminal acetylenes is 1. The molecule has 3 heteroatoms. The summed E-state index contributed by atoms with van der Waals surface area (Å²) in [4.78, 5) is 12.4. The third kappa shape index (κ3) is 2.67. The van der Waals surface area contributed by atoms with Crippen molar-refractivity contribution in [1.82, 2.24) is 0 Å². The van der Waals surface area contributed by atoms with Crippen LogP contribution in [0.25, 0.3) is 0 Å². The maximum absolute atomic E-state index is 12.4. The summed E-state index contributed by atoms with van der Waals surface area (Å²) in [5.74, 6) is 1.47. The molecular weight excluding hydrogens is 262 g/mol. The Morgan fingerprint density at radius 1 is 1.14 bits per heavy atom. The van der Waals surface area contributed by atoms with Crippen molar-refractivity contribution < 1.29 is 9.53 Å². The molecular formula is C18H17NO2. The summed E-state index contributed by atoms with van der Waals surface area (Å²) < 4.78 is 4.91. The summed E-state index contributed by atoms with van der Waals surface area (Å²) in [6.45, 7) is 0. The van der Waals surface area contributed by atoms with E-state index in [-0.39, 0.29) is 0 Å². The third-order valence-corrected chi connectivity index (χ3v) is 3.53. The Hall–Kier alpha value is -2.57. The molecule has 106 valence electrons. The maximum Gasteiger partial charge on any atom is 0.332 e. The van der Waals surface area contributed by atoms with Crippen LogP contribution in [0.2, 0.25) is 0 Å². The van der Waals surface area contributed by atoms with Gasteiger partial charge in [0.15, 0.2) is 5.54 Å². The normalized spacial score (nSPS) is 14.5. The van der Waals surface area contributed by atoms with Gasteiger partial charge in [-0.25, -0.2) is 4.79 Å². The Morgan fingerprint density at radius 2 is 1.67 bits per heavy atom. The fraction of sp³-hybridized carbons (Fsp3) is 0.167. The molecule has 2 aromatic carbocycles. The first-order chi connectivity index (χ1) is 10.1. The van der Waals surface area contributed by atoms with Crippen LogP contribution < -0.4 is 5.73 Å². The van der Waals surface area contributed by atoms with E-state index in [9.17, 15) is 4.79 Å². The number of nitrogens with two attached hydrogens (primary N) is 1. The Morgan fingerprint density at radius 3 is 2.14 bits per heavy atom. The molecule has 3 nitrogen and oxygen atoms in total. The molecule has 0 heterocycles. The fourth-order valence-electron chi connectivity index (χ4n) is 2.42. The molecule has 0 aliphatic heterocycles. The second-order valence-electron chi connectivity index (χ2n) is 4.74. The van der Waals surface area contributed by atoms with E-state index in [1.807, 2.05) is 48.5 Å². The van der Waals surface area contributed by atoms with Gasteiger partial charge in [-0.05, 0) is 11.1 Å². The smallest absolute Gasteiger partial charge is 0.332 e. The maximum atomic E-state index is 12.4. The minimum Gasteiger partial charge on any atom is -0.467 e. The molecule has 2 atom stereocenters. The monoisotopic (exact) mass is 279 g/mol. The van der Waals surface area contributed by atoms with Crippen LogP contribution in [0.5, 0.6) is 0 Å². The van der Waals surface area contributed by atoms with E-state index in [2.05, 4.69) is 5.92 Å². The molecule has 0 aromatic heterocycles. The Kier molecular flexibility index (Phi) is 4.42. The average Bonchev–Trinajstić information content (AvgIpc) is 2.56. The summed E-state index contributed by atoms with van der Waals surface area (Å²) in [5, 5.41) is 0. The molecule has 0 aliphatic rings. The first-order valence-corrected chi connectivity index (χ1v) is 6.58. The Labute approximate surface area is 124 Å². The topological polar surface area (TPSA) is 52.3 Å². The Bertz CT molecular complexity index is 646. The molecule has 2 N–H and O–H groups in total. The van der Waals surface area contributed by atoms with E-state index in [1.165, 1.54) is 7.11 Å². The lowest BCUT2D eigenvalue weighted by Gasteiger charge is -2.32. The summed E-state index contributed by atoms with van der Waals surface area (Å²) in [6.07, 6.45) is 5.68. The summed E-state index contributed by atoms with van der Waals surface area (Å²) in [6, 6.07) is 18.4. The molecule has 0 amide bonds. The van der Waals surface area contributed by atoms with Gasteiger partial charge in [0, 0.05) is 0 Å². The van der Waals surface area contributed by atoms with E-state index in [4.69, 9.17) is 16.9 Å². The zero-order chi connectivity index (χ0) is 15.3. The van der Waals surface area contributed by atoms with E-state index in [0.717, 1.165) is 5.56 Å². The highest BCUT2D eigenvalue weighted by Gasteiger charge is 2.45. The van der Waals surface area contributed by atoms with Gasteiger partial charge in [-0.3, -0.25) is 0 Å². The van der Waals surface area contributed by atoms with Crippen LogP contribution in [0.3, 0.4) is 0 Å². The lowest BCUT2D eigenvalue weighted by Crippen LogP contribution is -2.50. The van der Waals surface area contributed by atoms with E-state index >= 15 is 0 Å². The second-order valence-corrected chi connectivity index (χ2v) is 4.74. The van der Waals surface area contributed by atoms with Crippen LogP contribution in [-0.4, -0.2) is 13.1 Å². The molecule has 0 radical (unpaired) electrons. The zero-order valence-corrected chi connectivity index (χ0v) is 11.8. The molecule has 0 fully saturated rings. The van der Waals surface area contributed by atoms with Crippen molar-refractivity contribution in [2.24, 2.45) is 5.73 Å². The molecule has 0 bridgehead atoms. The van der Waals surface area contributed by atoms with Crippen molar-refractivity contribution in [3.05, 3.63) is 71.8 Å². The van der Waals surface area contributed by atoms with Gasteiger partial charge in [-0.2, -0.15) is 0 Å². The molecule has 0 spiro atoms. The average molecular weight is 279 g/mol. The molecule has 21 heavy (non-hydrogen) atoms. The van der Waals surface area contributed by atoms with Crippen molar-refractivity contribution in [1.29, 1.82) is 0 Å². The summed E-state index contributed by atoms with van der Waals surface area (Å²) >= 11 is 0. The van der Waals surface area contributed by atoms with Crippen molar-refractivity contribution in [3.8, 4) is 12.3 Å². The predicted octanol–water partition coefficient (Wildman–Crippen LogP) is 2.43. The standard InChI is InChI=1S/C18H17NO2/c1-3-16(14-10-6-4-7-11-14)18(19,17(20)21-2)15-12-8-5-9-13-15/h1,4-13,16H,19H2,2H3/t16?,18-/m1/s1. The lowest BCUT2D eigenvalue weighted by molar-refractivity contribution is -0.148. The van der Waals surface area contributed by atoms with Crippen LogP contribution in [0.4, 0.5) is 0 Å². The Balaban J connectivity index is 2.60. The summed E-state index contributed by atoms with van der Waals surface area (Å²) in [5.41, 5.74) is 6.45. The number of methoxy groups -OCH3 is 1. The fourth-order valence-corrected chi connectivity index (χ4v) is 2.42. The molecule has 2 aromatic rings. The van der Waals surface area contributed by atoms with Crippen LogP contribution >= 0.6 is 0 Å². The van der Waals surface area contributed by atoms with Crippen LogP contribution in [0.15, 0.2) is 60.7 Å². The highest BCUT2D eigenvalue weighted by atomic mass is 16.5. The van der Waals surface area contributed by atoms with E-state index in [1.54, 1.807) is 12.1 Å². The van der Waals surface area contributed by atoms with Crippen molar-refractivity contribution in [2.75, 3.05) is 7.11 Å². The van der Waals surface area contributed by atoms with Crippen molar-refractivity contribution in [3.63, 3.8) is 0 Å². The van der Waals surface area contributed by atoms with Crippen LogP contribution in [0.1, 0.15) is 17.0 Å². The third-order valence-electron chi connectivity index (χ3n) is 3.53. The molecule has 0 saturated heterocycles. The zero-order valence-electron chi connectivity index (χ0n) is 11.8. The number of hydrogen-bond donors (Lipinski definition) is 1. The van der Waals surface area contributed by atoms with Gasteiger partial charge >= 0.3 is 5.97 Å². The van der Waals surface area contributed by atoms with Gasteiger partial charge in [0.2, 0.25) is 0 Å². The minimum absolute atomic E-state index is 0.555. The largest absolute Gasteiger partial charge is 0.467 e. The quantitative estimate of drug-likeness (QED) is 0.691. The van der Waals surface area contributed by atoms with Gasteiger partial charge < -0.3 is 10.5 Å². The number of hydrogen-bond acceptors (Lipinski definition) is 3. The van der Waals surface area contributed by atoms with Crippen molar-refractivity contribution in [2.45, 2.75) is 11.5 Å². The number of carbonyl (C=O) groups is 1. The predicted molar refractivity (Wildman–Crippen MR) is 82.3 cm³/mol. The number of rotatable bonds is 4. The molecule has 2 rings (SSSR count). The van der Waals surface area contributed by atoms with Gasteiger partial charge in [-0.15, -0.1) is 6.42 Å². The van der Waals surface area contributed by atoms with Gasteiger partial charge in [-0.1, -0.05) is 66.6 Å². The van der Waals surface area contributed by atoms with E-state index in [0.29, 0.717) is 5.56 Å². The van der Waals surface area contributed by atoms with Crippen LogP contribution in [0, 0.1) is 12.3 Å².